The van der Waals surface area contributed by atoms with Gasteiger partial charge in [-0.1, -0.05) is 38.1 Å². The Morgan fingerprint density at radius 1 is 1.54 bits per heavy atom. The quantitative estimate of drug-likeness (QED) is 0.300. The van der Waals surface area contributed by atoms with E-state index in [4.69, 9.17) is 5.73 Å². The van der Waals surface area contributed by atoms with E-state index in [0.29, 0.717) is 5.17 Å². The van der Waals surface area contributed by atoms with Crippen LogP contribution in [0.3, 0.4) is 0 Å². The summed E-state index contributed by atoms with van der Waals surface area (Å²) in [5.41, 5.74) is 9.15. The Kier molecular flexibility index (Phi) is 7.59. The Morgan fingerprint density at radius 2 is 2.23 bits per heavy atom. The third-order valence-electron chi connectivity index (χ3n) is 1.35. The molecule has 0 radical (unpaired) electrons. The second kappa shape index (κ2) is 7.98. The molecule has 0 amide bonds. The number of nitrogens with one attached hydrogen (secondary N) is 1. The maximum atomic E-state index is 5.61. The van der Waals surface area contributed by atoms with E-state index in [1.165, 1.54) is 19.3 Å². The first-order valence-electron chi connectivity index (χ1n) is 4.54. The number of thioether (sulfide) groups is 1. The Bertz CT molecular complexity index is 178. The van der Waals surface area contributed by atoms with Crippen LogP contribution in [0.1, 0.15) is 33.1 Å². The lowest BCUT2D eigenvalue weighted by Gasteiger charge is -2.01. The van der Waals surface area contributed by atoms with E-state index >= 15 is 0 Å². The van der Waals surface area contributed by atoms with Gasteiger partial charge in [0.1, 0.15) is 0 Å². The summed E-state index contributed by atoms with van der Waals surface area (Å²) in [6.45, 7) is 7.68. The van der Waals surface area contributed by atoms with Gasteiger partial charge in [-0.25, -0.2) is 0 Å². The number of nitrogens with two attached hydrogens (primary N) is 1. The van der Waals surface area contributed by atoms with Crippen LogP contribution in [0.25, 0.3) is 0 Å². The molecule has 0 atom stereocenters. The van der Waals surface area contributed by atoms with Crippen molar-refractivity contribution in [2.45, 2.75) is 33.1 Å². The van der Waals surface area contributed by atoms with Gasteiger partial charge in [0, 0.05) is 11.4 Å². The molecule has 0 aromatic carbocycles. The third-order valence-corrected chi connectivity index (χ3v) is 2.23. The van der Waals surface area contributed by atoms with Gasteiger partial charge in [-0.3, -0.25) is 5.43 Å². The molecule has 0 aliphatic heterocycles. The van der Waals surface area contributed by atoms with Crippen molar-refractivity contribution < 1.29 is 0 Å². The van der Waals surface area contributed by atoms with E-state index < -0.39 is 0 Å². The molecular formula is C9H19N3S. The average molecular weight is 201 g/mol. The van der Waals surface area contributed by atoms with Crippen LogP contribution in [0.4, 0.5) is 0 Å². The van der Waals surface area contributed by atoms with Crippen molar-refractivity contribution in [1.82, 2.24) is 5.43 Å². The summed E-state index contributed by atoms with van der Waals surface area (Å²) in [4.78, 5) is 0. The normalized spacial score (nSPS) is 11.4. The minimum atomic E-state index is 0.583. The van der Waals surface area contributed by atoms with E-state index in [2.05, 4.69) is 24.0 Å². The molecule has 3 nitrogen and oxygen atoms in total. The number of nitrogens with zero attached hydrogens (tertiary/aromatic N) is 1. The summed E-state index contributed by atoms with van der Waals surface area (Å²) >= 11 is 1.58. The first-order valence-corrected chi connectivity index (χ1v) is 5.52. The van der Waals surface area contributed by atoms with Gasteiger partial charge in [0.2, 0.25) is 0 Å². The van der Waals surface area contributed by atoms with Crippen LogP contribution in [0.5, 0.6) is 0 Å². The van der Waals surface area contributed by atoms with Crippen molar-refractivity contribution in [1.29, 1.82) is 0 Å². The van der Waals surface area contributed by atoms with Crippen molar-refractivity contribution >= 4 is 16.9 Å². The molecule has 0 heterocycles. The third kappa shape index (κ3) is 9.27. The highest BCUT2D eigenvalue weighted by Gasteiger charge is 1.93. The van der Waals surface area contributed by atoms with Gasteiger partial charge >= 0.3 is 0 Å². The molecule has 0 aliphatic carbocycles. The molecule has 0 bridgehead atoms. The Morgan fingerprint density at radius 3 is 2.77 bits per heavy atom. The summed E-state index contributed by atoms with van der Waals surface area (Å²) in [5, 5.41) is 4.51. The average Bonchev–Trinajstić information content (AvgIpc) is 2.09. The fourth-order valence-electron chi connectivity index (χ4n) is 0.712. The molecule has 0 saturated heterocycles. The molecule has 0 unspecified atom stereocenters. The van der Waals surface area contributed by atoms with Gasteiger partial charge in [0.05, 0.1) is 0 Å². The van der Waals surface area contributed by atoms with Crippen molar-refractivity contribution in [3.8, 4) is 0 Å². The summed E-state index contributed by atoms with van der Waals surface area (Å²) in [6.07, 6.45) is 3.69. The summed E-state index contributed by atoms with van der Waals surface area (Å²) in [7, 11) is 0. The first kappa shape index (κ1) is 12.4. The molecule has 0 fully saturated rings. The first-order chi connectivity index (χ1) is 6.16. The van der Waals surface area contributed by atoms with Crippen LogP contribution in [0, 0.1) is 0 Å². The molecule has 76 valence electrons. The number of amidine groups is 1. The van der Waals surface area contributed by atoms with Gasteiger partial charge in [0.25, 0.3) is 0 Å². The second-order valence-electron chi connectivity index (χ2n) is 2.90. The zero-order valence-corrected chi connectivity index (χ0v) is 9.28. The number of hydrogen-bond donors (Lipinski definition) is 2. The Hall–Kier alpha value is -0.640. The summed E-state index contributed by atoms with van der Waals surface area (Å²) in [6, 6.07) is 0. The van der Waals surface area contributed by atoms with Gasteiger partial charge < -0.3 is 5.73 Å². The SMILES string of the molecule is C=C(C)N/N=C(/N)SCCCCC. The van der Waals surface area contributed by atoms with E-state index in [1.807, 2.05) is 6.92 Å². The van der Waals surface area contributed by atoms with Gasteiger partial charge in [-0.15, -0.1) is 0 Å². The fraction of sp³-hybridized carbons (Fsp3) is 0.667. The maximum absolute atomic E-state index is 5.61. The number of rotatable bonds is 6. The molecule has 0 saturated carbocycles. The zero-order valence-electron chi connectivity index (χ0n) is 8.47. The van der Waals surface area contributed by atoms with Crippen molar-refractivity contribution in [2.75, 3.05) is 5.75 Å². The van der Waals surface area contributed by atoms with Crippen LogP contribution in [0.2, 0.25) is 0 Å². The Balaban J connectivity index is 3.43. The molecular weight excluding hydrogens is 182 g/mol. The summed E-state index contributed by atoms with van der Waals surface area (Å²) < 4.78 is 0. The van der Waals surface area contributed by atoms with E-state index in [0.717, 1.165) is 11.4 Å². The highest BCUT2D eigenvalue weighted by atomic mass is 32.2. The van der Waals surface area contributed by atoms with Crippen molar-refractivity contribution in [3.63, 3.8) is 0 Å². The number of allylic oxidation sites excluding steroid dienone is 1. The highest BCUT2D eigenvalue weighted by Crippen LogP contribution is 2.05. The van der Waals surface area contributed by atoms with Crippen LogP contribution in [0.15, 0.2) is 17.4 Å². The predicted octanol–water partition coefficient (Wildman–Crippen LogP) is 2.26. The molecule has 3 N–H and O–H groups in total. The standard InChI is InChI=1S/C9H19N3S/c1-4-5-6-7-13-9(10)12-11-8(2)3/h11H,2,4-7H2,1,3H3,(H2,10,12). The van der Waals surface area contributed by atoms with Crippen LogP contribution in [-0.2, 0) is 0 Å². The maximum Gasteiger partial charge on any atom is 0.178 e. The molecule has 0 spiro atoms. The zero-order chi connectivity index (χ0) is 10.1. The van der Waals surface area contributed by atoms with Crippen molar-refractivity contribution in [3.05, 3.63) is 12.3 Å². The van der Waals surface area contributed by atoms with Crippen LogP contribution in [-0.4, -0.2) is 10.9 Å². The number of unbranched alkanes of at least 4 members (excludes halogenated alkanes) is 2. The van der Waals surface area contributed by atoms with E-state index in [9.17, 15) is 0 Å². The minimum absolute atomic E-state index is 0.583. The minimum Gasteiger partial charge on any atom is -0.377 e. The highest BCUT2D eigenvalue weighted by molar-refractivity contribution is 8.13. The van der Waals surface area contributed by atoms with Crippen LogP contribution < -0.4 is 11.2 Å². The fourth-order valence-corrected chi connectivity index (χ4v) is 1.38. The van der Waals surface area contributed by atoms with Gasteiger partial charge in [-0.05, 0) is 13.3 Å². The lowest BCUT2D eigenvalue weighted by atomic mass is 10.3. The molecule has 13 heavy (non-hydrogen) atoms. The predicted molar refractivity (Wildman–Crippen MR) is 61.6 cm³/mol. The smallest absolute Gasteiger partial charge is 0.178 e. The largest absolute Gasteiger partial charge is 0.377 e. The lowest BCUT2D eigenvalue weighted by molar-refractivity contribution is 0.779. The van der Waals surface area contributed by atoms with E-state index in [1.54, 1.807) is 11.8 Å². The Labute approximate surface area is 84.8 Å². The molecule has 0 aromatic heterocycles. The number of hydrazone groups is 1. The molecule has 0 aliphatic rings. The molecule has 0 aromatic rings. The van der Waals surface area contributed by atoms with Crippen molar-refractivity contribution in [2.24, 2.45) is 10.8 Å². The van der Waals surface area contributed by atoms with Gasteiger partial charge in [-0.2, -0.15) is 5.10 Å². The summed E-state index contributed by atoms with van der Waals surface area (Å²) in [5.74, 6) is 1.04. The lowest BCUT2D eigenvalue weighted by Crippen LogP contribution is -2.13. The second-order valence-corrected chi connectivity index (χ2v) is 4.01. The monoisotopic (exact) mass is 201 g/mol. The van der Waals surface area contributed by atoms with E-state index in [-0.39, 0.29) is 0 Å². The van der Waals surface area contributed by atoms with Crippen LogP contribution >= 0.6 is 11.8 Å². The van der Waals surface area contributed by atoms with Gasteiger partial charge in [0.15, 0.2) is 5.17 Å². The number of hydrogen-bond acceptors (Lipinski definition) is 3. The molecule has 0 rings (SSSR count). The topological polar surface area (TPSA) is 50.4 Å². The molecule has 4 heteroatoms.